The van der Waals surface area contributed by atoms with Gasteiger partial charge in [0, 0.05) is 15.7 Å². The van der Waals surface area contributed by atoms with E-state index in [4.69, 9.17) is 23.2 Å². The van der Waals surface area contributed by atoms with Gasteiger partial charge in [-0.05, 0) is 42.5 Å². The monoisotopic (exact) mass is 404 g/mol. The summed E-state index contributed by atoms with van der Waals surface area (Å²) >= 11 is 12.0. The Morgan fingerprint density at radius 2 is 1.59 bits per heavy atom. The van der Waals surface area contributed by atoms with E-state index >= 15 is 0 Å². The number of nitrogens with one attached hydrogen (secondary N) is 1. The molecule has 1 atom stereocenters. The van der Waals surface area contributed by atoms with Crippen molar-refractivity contribution in [2.75, 3.05) is 36.0 Å². The lowest BCUT2D eigenvalue weighted by Crippen LogP contribution is -3.19. The van der Waals surface area contributed by atoms with Crippen LogP contribution in [0, 0.1) is 0 Å². The first-order chi connectivity index (χ1) is 13.0. The summed E-state index contributed by atoms with van der Waals surface area (Å²) in [5.41, 5.74) is 1.69. The molecule has 2 heterocycles. The van der Waals surface area contributed by atoms with Crippen LogP contribution in [0.5, 0.6) is 0 Å². The maximum Gasteiger partial charge on any atom is 0.292 e. The van der Waals surface area contributed by atoms with Gasteiger partial charge in [0.1, 0.15) is 0 Å². The summed E-state index contributed by atoms with van der Waals surface area (Å²) < 4.78 is 0. The van der Waals surface area contributed by atoms with Crippen molar-refractivity contribution in [1.29, 1.82) is 0 Å². The fourth-order valence-corrected chi connectivity index (χ4v) is 4.20. The van der Waals surface area contributed by atoms with Crippen molar-refractivity contribution in [3.63, 3.8) is 0 Å². The average Bonchev–Trinajstić information content (AvgIpc) is 2.97. The molecular formula is C20H20Cl2N3O2+. The van der Waals surface area contributed by atoms with E-state index in [-0.39, 0.29) is 24.3 Å². The molecule has 2 aromatic carbocycles. The number of nitrogens with zero attached hydrogens (tertiary/aromatic N) is 2. The number of imide groups is 1. The molecule has 140 valence electrons. The second-order valence-electron chi connectivity index (χ2n) is 6.93. The van der Waals surface area contributed by atoms with Crippen LogP contribution in [0.4, 0.5) is 11.4 Å². The minimum absolute atomic E-state index is 0.128. The van der Waals surface area contributed by atoms with E-state index in [1.165, 1.54) is 9.80 Å². The van der Waals surface area contributed by atoms with Gasteiger partial charge >= 0.3 is 0 Å². The van der Waals surface area contributed by atoms with Crippen molar-refractivity contribution in [2.24, 2.45) is 0 Å². The third-order valence-electron chi connectivity index (χ3n) is 5.30. The lowest BCUT2D eigenvalue weighted by Gasteiger charge is -2.35. The van der Waals surface area contributed by atoms with E-state index in [0.29, 0.717) is 10.7 Å². The molecule has 0 saturated carbocycles. The summed E-state index contributed by atoms with van der Waals surface area (Å²) in [4.78, 5) is 30.2. The summed E-state index contributed by atoms with van der Waals surface area (Å²) in [6.07, 6.45) is 0.252. The highest BCUT2D eigenvalue weighted by atomic mass is 35.5. The third-order valence-corrected chi connectivity index (χ3v) is 5.79. The number of hydrogen-bond acceptors (Lipinski definition) is 3. The highest BCUT2D eigenvalue weighted by molar-refractivity contribution is 6.31. The van der Waals surface area contributed by atoms with Gasteiger partial charge in [0.05, 0.1) is 38.3 Å². The molecule has 0 aromatic heterocycles. The predicted molar refractivity (Wildman–Crippen MR) is 107 cm³/mol. The van der Waals surface area contributed by atoms with Gasteiger partial charge in [0.15, 0.2) is 6.04 Å². The maximum absolute atomic E-state index is 12.9. The zero-order valence-electron chi connectivity index (χ0n) is 14.7. The summed E-state index contributed by atoms with van der Waals surface area (Å²) in [5.74, 6) is -0.280. The van der Waals surface area contributed by atoms with Crippen molar-refractivity contribution < 1.29 is 14.5 Å². The van der Waals surface area contributed by atoms with Crippen LogP contribution in [0.3, 0.4) is 0 Å². The SMILES string of the molecule is O=C1CC([NH+]2CCN(c3ccc(Cl)cc3)CC2)C(=O)N1c1cccc(Cl)c1. The number of carbonyl (C=O) groups excluding carboxylic acids is 2. The van der Waals surface area contributed by atoms with E-state index in [0.717, 1.165) is 36.9 Å². The van der Waals surface area contributed by atoms with Gasteiger partial charge in [-0.1, -0.05) is 29.3 Å². The van der Waals surface area contributed by atoms with Gasteiger partial charge in [-0.2, -0.15) is 0 Å². The quantitative estimate of drug-likeness (QED) is 0.796. The van der Waals surface area contributed by atoms with Gasteiger partial charge in [-0.3, -0.25) is 9.59 Å². The van der Waals surface area contributed by atoms with Crippen LogP contribution in [-0.2, 0) is 9.59 Å². The number of piperazine rings is 1. The standard InChI is InChI=1S/C20H19Cl2N3O2/c21-14-4-6-16(7-5-14)23-8-10-24(11-9-23)18-13-19(26)25(20(18)27)17-3-1-2-15(22)12-17/h1-7,12,18H,8-11,13H2/p+1. The summed E-state index contributed by atoms with van der Waals surface area (Å²) in [6, 6.07) is 14.4. The Balaban J connectivity index is 1.44. The molecule has 0 bridgehead atoms. The van der Waals surface area contributed by atoms with E-state index < -0.39 is 0 Å². The number of benzene rings is 2. The largest absolute Gasteiger partial charge is 0.360 e. The third kappa shape index (κ3) is 3.68. The Morgan fingerprint density at radius 3 is 2.26 bits per heavy atom. The second kappa shape index (κ2) is 7.50. The number of carbonyl (C=O) groups is 2. The van der Waals surface area contributed by atoms with Crippen LogP contribution in [0.15, 0.2) is 48.5 Å². The Bertz CT molecular complexity index is 864. The molecule has 1 N–H and O–H groups in total. The van der Waals surface area contributed by atoms with Gasteiger partial charge in [-0.25, -0.2) is 4.90 Å². The number of rotatable bonds is 3. The molecule has 7 heteroatoms. The molecular weight excluding hydrogens is 385 g/mol. The van der Waals surface area contributed by atoms with E-state index in [9.17, 15) is 9.59 Å². The second-order valence-corrected chi connectivity index (χ2v) is 7.80. The maximum atomic E-state index is 12.9. The molecule has 2 aliphatic heterocycles. The predicted octanol–water partition coefficient (Wildman–Crippen LogP) is 2.03. The lowest BCUT2D eigenvalue weighted by atomic mass is 10.1. The topological polar surface area (TPSA) is 45.1 Å². The smallest absolute Gasteiger partial charge is 0.292 e. The highest BCUT2D eigenvalue weighted by Crippen LogP contribution is 2.25. The van der Waals surface area contributed by atoms with Crippen LogP contribution < -0.4 is 14.7 Å². The Hall–Kier alpha value is -2.08. The molecule has 2 aromatic rings. The molecule has 27 heavy (non-hydrogen) atoms. The molecule has 2 saturated heterocycles. The molecule has 2 amide bonds. The van der Waals surface area contributed by atoms with Crippen molar-refractivity contribution in [3.05, 3.63) is 58.6 Å². The fraction of sp³-hybridized carbons (Fsp3) is 0.300. The van der Waals surface area contributed by atoms with Gasteiger partial charge in [0.2, 0.25) is 5.91 Å². The molecule has 2 fully saturated rings. The van der Waals surface area contributed by atoms with Gasteiger partial charge in [-0.15, -0.1) is 0 Å². The molecule has 2 aliphatic rings. The zero-order valence-corrected chi connectivity index (χ0v) is 16.2. The minimum atomic E-state index is -0.316. The molecule has 0 aliphatic carbocycles. The minimum Gasteiger partial charge on any atom is -0.360 e. The van der Waals surface area contributed by atoms with E-state index in [2.05, 4.69) is 4.90 Å². The van der Waals surface area contributed by atoms with Crippen molar-refractivity contribution >= 4 is 46.4 Å². The molecule has 1 unspecified atom stereocenters. The molecule has 5 nitrogen and oxygen atoms in total. The summed E-state index contributed by atoms with van der Waals surface area (Å²) in [6.45, 7) is 3.31. The first-order valence-electron chi connectivity index (χ1n) is 9.00. The van der Waals surface area contributed by atoms with Crippen LogP contribution >= 0.6 is 23.2 Å². The Kier molecular flexibility index (Phi) is 5.08. The van der Waals surface area contributed by atoms with Crippen molar-refractivity contribution in [3.8, 4) is 0 Å². The Morgan fingerprint density at radius 1 is 0.889 bits per heavy atom. The lowest BCUT2D eigenvalue weighted by molar-refractivity contribution is -0.915. The number of hydrogen-bond donors (Lipinski definition) is 1. The summed E-state index contributed by atoms with van der Waals surface area (Å²) in [7, 11) is 0. The number of quaternary nitrogens is 1. The molecule has 0 radical (unpaired) electrons. The van der Waals surface area contributed by atoms with Gasteiger partial charge < -0.3 is 9.80 Å². The first kappa shape index (κ1) is 18.3. The van der Waals surface area contributed by atoms with Crippen LogP contribution in [0.2, 0.25) is 10.0 Å². The van der Waals surface area contributed by atoms with Gasteiger partial charge in [0.25, 0.3) is 5.91 Å². The van der Waals surface area contributed by atoms with Crippen LogP contribution in [-0.4, -0.2) is 44.0 Å². The first-order valence-corrected chi connectivity index (χ1v) is 9.76. The Labute approximate surface area is 168 Å². The number of amides is 2. The van der Waals surface area contributed by atoms with Crippen LogP contribution in [0.25, 0.3) is 0 Å². The van der Waals surface area contributed by atoms with E-state index in [1.54, 1.807) is 24.3 Å². The normalized spacial score (nSPS) is 21.2. The van der Waals surface area contributed by atoms with E-state index in [1.807, 2.05) is 24.3 Å². The zero-order chi connectivity index (χ0) is 19.0. The van der Waals surface area contributed by atoms with Crippen molar-refractivity contribution in [1.82, 2.24) is 0 Å². The van der Waals surface area contributed by atoms with Crippen molar-refractivity contribution in [2.45, 2.75) is 12.5 Å². The molecule has 0 spiro atoms. The highest BCUT2D eigenvalue weighted by Gasteiger charge is 2.46. The number of anilines is 2. The number of halogens is 2. The molecule has 4 rings (SSSR count). The average molecular weight is 405 g/mol. The van der Waals surface area contributed by atoms with Crippen LogP contribution in [0.1, 0.15) is 6.42 Å². The summed E-state index contributed by atoms with van der Waals surface area (Å²) in [5, 5.41) is 1.24. The fourth-order valence-electron chi connectivity index (χ4n) is 3.89.